The lowest BCUT2D eigenvalue weighted by Gasteiger charge is -2.28. The standard InChI is InChI=1S/C21H21N5O2/c1-13-22-17-4-3-15(11-19(17)28-13)18-12-21(27)26-20(23-18)6-5-16(24-26)14-7-9-25(2)10-8-14/h3-6,11-12,14H,7-10H2,1-2H3. The normalized spacial score (nSPS) is 16.2. The highest BCUT2D eigenvalue weighted by Crippen LogP contribution is 2.26. The summed E-state index contributed by atoms with van der Waals surface area (Å²) < 4.78 is 7.01. The zero-order valence-corrected chi connectivity index (χ0v) is 15.9. The minimum absolute atomic E-state index is 0.177. The largest absolute Gasteiger partial charge is 0.441 e. The van der Waals surface area contributed by atoms with Crippen molar-refractivity contribution in [3.05, 3.63) is 58.3 Å². The maximum absolute atomic E-state index is 12.7. The molecule has 1 fully saturated rings. The molecule has 0 spiro atoms. The molecule has 3 aromatic heterocycles. The van der Waals surface area contributed by atoms with Gasteiger partial charge in [-0.3, -0.25) is 4.79 Å². The van der Waals surface area contributed by atoms with Gasteiger partial charge in [0.05, 0.1) is 11.4 Å². The van der Waals surface area contributed by atoms with Gasteiger partial charge in [-0.05, 0) is 57.2 Å². The number of hydrogen-bond donors (Lipinski definition) is 0. The Morgan fingerprint density at radius 3 is 2.71 bits per heavy atom. The molecule has 142 valence electrons. The van der Waals surface area contributed by atoms with Crippen molar-refractivity contribution in [2.45, 2.75) is 25.7 Å². The molecule has 1 aliphatic heterocycles. The van der Waals surface area contributed by atoms with Gasteiger partial charge in [0.1, 0.15) is 5.52 Å². The number of oxazole rings is 1. The van der Waals surface area contributed by atoms with Crippen molar-refractivity contribution in [3.8, 4) is 11.3 Å². The van der Waals surface area contributed by atoms with Gasteiger partial charge in [0.25, 0.3) is 5.56 Å². The van der Waals surface area contributed by atoms with Crippen LogP contribution in [0.2, 0.25) is 0 Å². The second-order valence-electron chi connectivity index (χ2n) is 7.50. The van der Waals surface area contributed by atoms with Gasteiger partial charge in [0.2, 0.25) is 0 Å². The lowest BCUT2D eigenvalue weighted by molar-refractivity contribution is 0.252. The van der Waals surface area contributed by atoms with Crippen LogP contribution in [-0.2, 0) is 0 Å². The Morgan fingerprint density at radius 2 is 1.89 bits per heavy atom. The Kier molecular flexibility index (Phi) is 3.98. The zero-order valence-electron chi connectivity index (χ0n) is 15.9. The molecule has 4 aromatic rings. The van der Waals surface area contributed by atoms with Crippen molar-refractivity contribution < 1.29 is 4.42 Å². The van der Waals surface area contributed by atoms with E-state index in [0.717, 1.165) is 42.7 Å². The predicted molar refractivity (Wildman–Crippen MR) is 106 cm³/mol. The molecule has 0 bridgehead atoms. The second-order valence-corrected chi connectivity index (χ2v) is 7.50. The fourth-order valence-corrected chi connectivity index (χ4v) is 3.88. The Morgan fingerprint density at radius 1 is 1.07 bits per heavy atom. The molecule has 1 aromatic carbocycles. The molecule has 0 unspecified atom stereocenters. The van der Waals surface area contributed by atoms with Crippen molar-refractivity contribution in [2.24, 2.45) is 0 Å². The summed E-state index contributed by atoms with van der Waals surface area (Å²) in [5.74, 6) is 1.01. The molecule has 0 radical (unpaired) electrons. The summed E-state index contributed by atoms with van der Waals surface area (Å²) in [6.07, 6.45) is 2.12. The number of aromatic nitrogens is 4. The van der Waals surface area contributed by atoms with Gasteiger partial charge < -0.3 is 9.32 Å². The van der Waals surface area contributed by atoms with E-state index >= 15 is 0 Å². The van der Waals surface area contributed by atoms with Crippen LogP contribution in [0.4, 0.5) is 0 Å². The van der Waals surface area contributed by atoms with Crippen molar-refractivity contribution in [1.82, 2.24) is 24.5 Å². The molecule has 0 amide bonds. The van der Waals surface area contributed by atoms with Crippen molar-refractivity contribution in [1.29, 1.82) is 0 Å². The quantitative estimate of drug-likeness (QED) is 0.536. The van der Waals surface area contributed by atoms with Crippen molar-refractivity contribution in [3.63, 3.8) is 0 Å². The van der Waals surface area contributed by atoms with Crippen LogP contribution in [0.25, 0.3) is 28.0 Å². The van der Waals surface area contributed by atoms with E-state index in [1.165, 1.54) is 10.6 Å². The molecule has 28 heavy (non-hydrogen) atoms. The minimum atomic E-state index is -0.177. The van der Waals surface area contributed by atoms with Crippen LogP contribution in [0, 0.1) is 6.92 Å². The van der Waals surface area contributed by atoms with Gasteiger partial charge in [-0.1, -0.05) is 6.07 Å². The van der Waals surface area contributed by atoms with E-state index in [1.54, 1.807) is 0 Å². The first-order valence-electron chi connectivity index (χ1n) is 9.54. The molecule has 7 heteroatoms. The van der Waals surface area contributed by atoms with Gasteiger partial charge in [0.15, 0.2) is 17.1 Å². The summed E-state index contributed by atoms with van der Waals surface area (Å²) in [7, 11) is 2.14. The highest BCUT2D eigenvalue weighted by Gasteiger charge is 2.20. The average Bonchev–Trinajstić information content (AvgIpc) is 3.07. The van der Waals surface area contributed by atoms with Crippen LogP contribution in [0.15, 0.2) is 45.6 Å². The number of nitrogens with zero attached hydrogens (tertiary/aromatic N) is 5. The minimum Gasteiger partial charge on any atom is -0.441 e. The Labute approximate surface area is 161 Å². The third-order valence-electron chi connectivity index (χ3n) is 5.47. The average molecular weight is 375 g/mol. The molecule has 0 atom stereocenters. The molecule has 1 aliphatic rings. The van der Waals surface area contributed by atoms with Gasteiger partial charge in [-0.15, -0.1) is 0 Å². The predicted octanol–water partition coefficient (Wildman–Crippen LogP) is 3.02. The molecule has 5 rings (SSSR count). The summed E-state index contributed by atoms with van der Waals surface area (Å²) in [5.41, 5.74) is 4.25. The third-order valence-corrected chi connectivity index (χ3v) is 5.47. The molecular formula is C21H21N5O2. The number of hydrogen-bond acceptors (Lipinski definition) is 6. The maximum atomic E-state index is 12.7. The number of rotatable bonds is 2. The number of likely N-dealkylation sites (tertiary alicyclic amines) is 1. The molecule has 0 N–H and O–H groups in total. The number of fused-ring (bicyclic) bond motifs is 2. The van der Waals surface area contributed by atoms with Crippen LogP contribution in [0.3, 0.4) is 0 Å². The van der Waals surface area contributed by atoms with E-state index < -0.39 is 0 Å². The molecule has 0 aliphatic carbocycles. The van der Waals surface area contributed by atoms with E-state index in [9.17, 15) is 4.79 Å². The van der Waals surface area contributed by atoms with Crippen LogP contribution in [0.1, 0.15) is 30.3 Å². The first kappa shape index (κ1) is 17.1. The van der Waals surface area contributed by atoms with Crippen LogP contribution in [-0.4, -0.2) is 44.6 Å². The fourth-order valence-electron chi connectivity index (χ4n) is 3.88. The van der Waals surface area contributed by atoms with Crippen LogP contribution in [0.5, 0.6) is 0 Å². The van der Waals surface area contributed by atoms with Gasteiger partial charge in [0, 0.05) is 24.5 Å². The van der Waals surface area contributed by atoms with Crippen LogP contribution < -0.4 is 5.56 Å². The maximum Gasteiger partial charge on any atom is 0.275 e. The Bertz CT molecular complexity index is 1230. The van der Waals surface area contributed by atoms with E-state index in [2.05, 4.69) is 27.0 Å². The smallest absolute Gasteiger partial charge is 0.275 e. The summed E-state index contributed by atoms with van der Waals surface area (Å²) in [6, 6.07) is 11.1. The first-order chi connectivity index (χ1) is 13.6. The molecule has 7 nitrogen and oxygen atoms in total. The lowest BCUT2D eigenvalue weighted by atomic mass is 9.94. The van der Waals surface area contributed by atoms with Gasteiger partial charge in [-0.25, -0.2) is 9.97 Å². The lowest BCUT2D eigenvalue weighted by Crippen LogP contribution is -2.30. The summed E-state index contributed by atoms with van der Waals surface area (Å²) in [6.45, 7) is 3.92. The number of piperidine rings is 1. The van der Waals surface area contributed by atoms with Gasteiger partial charge in [-0.2, -0.15) is 9.61 Å². The Hall–Kier alpha value is -3.06. The number of aryl methyl sites for hydroxylation is 1. The summed E-state index contributed by atoms with van der Waals surface area (Å²) in [5, 5.41) is 4.61. The zero-order chi connectivity index (χ0) is 19.3. The molecule has 0 saturated carbocycles. The highest BCUT2D eigenvalue weighted by molar-refractivity contribution is 5.79. The van der Waals surface area contributed by atoms with E-state index in [4.69, 9.17) is 4.42 Å². The molecule has 1 saturated heterocycles. The van der Waals surface area contributed by atoms with E-state index in [1.807, 2.05) is 37.3 Å². The van der Waals surface area contributed by atoms with Crippen LogP contribution >= 0.6 is 0 Å². The third kappa shape index (κ3) is 2.97. The topological polar surface area (TPSA) is 76.5 Å². The first-order valence-corrected chi connectivity index (χ1v) is 9.54. The van der Waals surface area contributed by atoms with E-state index in [0.29, 0.717) is 28.7 Å². The Balaban J connectivity index is 1.54. The van der Waals surface area contributed by atoms with E-state index in [-0.39, 0.29) is 5.56 Å². The highest BCUT2D eigenvalue weighted by atomic mass is 16.3. The number of benzene rings is 1. The van der Waals surface area contributed by atoms with Crippen molar-refractivity contribution >= 4 is 16.7 Å². The second kappa shape index (κ2) is 6.53. The van der Waals surface area contributed by atoms with Gasteiger partial charge >= 0.3 is 0 Å². The SMILES string of the molecule is Cc1nc2ccc(-c3cc(=O)n4nc(C5CCN(C)CC5)ccc4n3)cc2o1. The summed E-state index contributed by atoms with van der Waals surface area (Å²) >= 11 is 0. The molecule has 4 heterocycles. The monoisotopic (exact) mass is 375 g/mol. The fraction of sp³-hybridized carbons (Fsp3) is 0.333. The summed E-state index contributed by atoms with van der Waals surface area (Å²) in [4.78, 5) is 24.0. The molecular weight excluding hydrogens is 354 g/mol. The van der Waals surface area contributed by atoms with Crippen molar-refractivity contribution in [2.75, 3.05) is 20.1 Å².